The van der Waals surface area contributed by atoms with Crippen LogP contribution < -0.4 is 0 Å². The average molecular weight is 276 g/mol. The zero-order valence-corrected chi connectivity index (χ0v) is 12.1. The molecule has 0 spiro atoms. The van der Waals surface area contributed by atoms with Crippen molar-refractivity contribution in [2.24, 2.45) is 17.8 Å². The maximum Gasteiger partial charge on any atom is 0.00338 e. The van der Waals surface area contributed by atoms with Gasteiger partial charge in [-0.25, -0.2) is 0 Å². The normalized spacial score (nSPS) is 25.0. The number of halogens is 1. The van der Waals surface area contributed by atoms with Crippen LogP contribution in [0.3, 0.4) is 0 Å². The Kier molecular flexibility index (Phi) is 6.21. The number of hydrogen-bond acceptors (Lipinski definition) is 1. The lowest BCUT2D eigenvalue weighted by Gasteiger charge is -2.19. The van der Waals surface area contributed by atoms with Gasteiger partial charge in [0.25, 0.3) is 0 Å². The van der Waals surface area contributed by atoms with Crippen molar-refractivity contribution in [3.05, 3.63) is 0 Å². The molecule has 2 unspecified atom stereocenters. The Balaban J connectivity index is 2.13. The highest BCUT2D eigenvalue weighted by Gasteiger charge is 2.24. The second kappa shape index (κ2) is 6.90. The van der Waals surface area contributed by atoms with E-state index in [1.807, 2.05) is 0 Å². The van der Waals surface area contributed by atoms with Gasteiger partial charge in [0.15, 0.2) is 0 Å². The fraction of sp³-hybridized carbons (Fsp3) is 1.00. The Labute approximate surface area is 104 Å². The predicted octanol–water partition coefficient (Wildman–Crippen LogP) is 3.78. The molecule has 0 aliphatic carbocycles. The number of rotatable bonds is 6. The van der Waals surface area contributed by atoms with Gasteiger partial charge in [-0.3, -0.25) is 0 Å². The summed E-state index contributed by atoms with van der Waals surface area (Å²) in [4.78, 5) is 2.66. The minimum atomic E-state index is 0.870. The summed E-state index contributed by atoms with van der Waals surface area (Å²) in [6, 6.07) is 0. The lowest BCUT2D eigenvalue weighted by molar-refractivity contribution is 0.281. The first-order valence-electron chi connectivity index (χ1n) is 6.41. The summed E-state index contributed by atoms with van der Waals surface area (Å²) >= 11 is 3.52. The van der Waals surface area contributed by atoms with Crippen LogP contribution in [0, 0.1) is 17.8 Å². The van der Waals surface area contributed by atoms with Crippen LogP contribution in [0.15, 0.2) is 0 Å². The lowest BCUT2D eigenvalue weighted by atomic mass is 9.95. The van der Waals surface area contributed by atoms with Crippen LogP contribution in [-0.4, -0.2) is 29.9 Å². The van der Waals surface area contributed by atoms with E-state index in [2.05, 4.69) is 41.6 Å². The van der Waals surface area contributed by atoms with Crippen molar-refractivity contribution in [1.82, 2.24) is 4.90 Å². The summed E-state index contributed by atoms with van der Waals surface area (Å²) in [6.07, 6.45) is 4.11. The highest BCUT2D eigenvalue weighted by molar-refractivity contribution is 9.09. The topological polar surface area (TPSA) is 3.24 Å². The van der Waals surface area contributed by atoms with Crippen molar-refractivity contribution in [3.8, 4) is 0 Å². The van der Waals surface area contributed by atoms with E-state index < -0.39 is 0 Å². The largest absolute Gasteiger partial charge is 0.303 e. The smallest absolute Gasteiger partial charge is 0.00338 e. The molecule has 1 heterocycles. The molecular formula is C13H26BrN. The molecule has 1 rings (SSSR count). The van der Waals surface area contributed by atoms with Crippen molar-refractivity contribution in [2.75, 3.05) is 25.0 Å². The van der Waals surface area contributed by atoms with Gasteiger partial charge in [-0.2, -0.15) is 0 Å². The molecule has 90 valence electrons. The van der Waals surface area contributed by atoms with E-state index in [9.17, 15) is 0 Å². The summed E-state index contributed by atoms with van der Waals surface area (Å²) in [5.74, 6) is 2.70. The van der Waals surface area contributed by atoms with Gasteiger partial charge in [-0.15, -0.1) is 0 Å². The SMILES string of the molecule is CC(CCBr)CCN1CCC(C(C)C)C1. The zero-order valence-electron chi connectivity index (χ0n) is 10.5. The Morgan fingerprint density at radius 3 is 2.53 bits per heavy atom. The molecule has 1 aliphatic heterocycles. The summed E-state index contributed by atoms with van der Waals surface area (Å²) < 4.78 is 0. The Bertz CT molecular complexity index is 170. The van der Waals surface area contributed by atoms with Crippen LogP contribution in [0.5, 0.6) is 0 Å². The molecule has 0 aromatic rings. The third-order valence-electron chi connectivity index (χ3n) is 3.79. The van der Waals surface area contributed by atoms with Gasteiger partial charge in [0.1, 0.15) is 0 Å². The summed E-state index contributed by atoms with van der Waals surface area (Å²) in [5.41, 5.74) is 0. The predicted molar refractivity (Wildman–Crippen MR) is 71.6 cm³/mol. The summed E-state index contributed by atoms with van der Waals surface area (Å²) in [5, 5.41) is 1.16. The molecule has 1 nitrogen and oxygen atoms in total. The van der Waals surface area contributed by atoms with Crippen LogP contribution in [0.1, 0.15) is 40.0 Å². The third-order valence-corrected chi connectivity index (χ3v) is 4.25. The molecule has 0 N–H and O–H groups in total. The molecule has 1 aliphatic rings. The molecule has 1 fully saturated rings. The molecule has 2 atom stereocenters. The van der Waals surface area contributed by atoms with E-state index in [4.69, 9.17) is 0 Å². The van der Waals surface area contributed by atoms with Gasteiger partial charge in [0.2, 0.25) is 0 Å². The Morgan fingerprint density at radius 2 is 2.00 bits per heavy atom. The van der Waals surface area contributed by atoms with E-state index in [-0.39, 0.29) is 0 Å². The Hall–Kier alpha value is 0.440. The van der Waals surface area contributed by atoms with Crippen molar-refractivity contribution in [1.29, 1.82) is 0 Å². The maximum atomic E-state index is 3.52. The monoisotopic (exact) mass is 275 g/mol. The summed E-state index contributed by atoms with van der Waals surface area (Å²) in [7, 11) is 0. The molecule has 1 saturated heterocycles. The van der Waals surface area contributed by atoms with E-state index in [1.54, 1.807) is 0 Å². The standard InChI is InChI=1S/C13H26BrN/c1-11(2)13-6-9-15(10-13)8-5-12(3)4-7-14/h11-13H,4-10H2,1-3H3. The van der Waals surface area contributed by atoms with Crippen LogP contribution in [0.4, 0.5) is 0 Å². The molecule has 15 heavy (non-hydrogen) atoms. The van der Waals surface area contributed by atoms with Crippen molar-refractivity contribution in [2.45, 2.75) is 40.0 Å². The fourth-order valence-electron chi connectivity index (χ4n) is 2.34. The first-order chi connectivity index (χ1) is 7.13. The van der Waals surface area contributed by atoms with Crippen LogP contribution in [-0.2, 0) is 0 Å². The molecule has 0 radical (unpaired) electrons. The van der Waals surface area contributed by atoms with Gasteiger partial charge in [-0.05, 0) is 50.1 Å². The zero-order chi connectivity index (χ0) is 11.3. The second-order valence-electron chi connectivity index (χ2n) is 5.46. The highest BCUT2D eigenvalue weighted by atomic mass is 79.9. The molecule has 0 aromatic carbocycles. The third kappa shape index (κ3) is 4.86. The van der Waals surface area contributed by atoms with Crippen molar-refractivity contribution >= 4 is 15.9 Å². The molecule has 0 bridgehead atoms. The van der Waals surface area contributed by atoms with Crippen LogP contribution in [0.25, 0.3) is 0 Å². The molecule has 0 amide bonds. The average Bonchev–Trinajstić information content (AvgIpc) is 2.63. The van der Waals surface area contributed by atoms with E-state index in [0.717, 1.165) is 23.1 Å². The molecule has 0 aromatic heterocycles. The lowest BCUT2D eigenvalue weighted by Crippen LogP contribution is -2.24. The molecular weight excluding hydrogens is 250 g/mol. The summed E-state index contributed by atoms with van der Waals surface area (Å²) in [6.45, 7) is 11.1. The van der Waals surface area contributed by atoms with Gasteiger partial charge < -0.3 is 4.90 Å². The molecule has 2 heteroatoms. The van der Waals surface area contributed by atoms with E-state index in [1.165, 1.54) is 38.9 Å². The minimum absolute atomic E-state index is 0.870. The molecule has 0 saturated carbocycles. The number of likely N-dealkylation sites (tertiary alicyclic amines) is 1. The Morgan fingerprint density at radius 1 is 1.27 bits per heavy atom. The van der Waals surface area contributed by atoms with Crippen LogP contribution >= 0.6 is 15.9 Å². The van der Waals surface area contributed by atoms with Gasteiger partial charge in [0, 0.05) is 11.9 Å². The fourth-order valence-corrected chi connectivity index (χ4v) is 3.12. The van der Waals surface area contributed by atoms with Gasteiger partial charge in [-0.1, -0.05) is 36.7 Å². The quantitative estimate of drug-likeness (QED) is 0.667. The number of hydrogen-bond donors (Lipinski definition) is 0. The highest BCUT2D eigenvalue weighted by Crippen LogP contribution is 2.24. The minimum Gasteiger partial charge on any atom is -0.303 e. The van der Waals surface area contributed by atoms with Crippen LogP contribution in [0.2, 0.25) is 0 Å². The van der Waals surface area contributed by atoms with Gasteiger partial charge in [0.05, 0.1) is 0 Å². The van der Waals surface area contributed by atoms with Crippen molar-refractivity contribution in [3.63, 3.8) is 0 Å². The van der Waals surface area contributed by atoms with E-state index in [0.29, 0.717) is 0 Å². The maximum absolute atomic E-state index is 3.52. The van der Waals surface area contributed by atoms with Gasteiger partial charge >= 0.3 is 0 Å². The number of nitrogens with zero attached hydrogens (tertiary/aromatic N) is 1. The van der Waals surface area contributed by atoms with E-state index >= 15 is 0 Å². The first kappa shape index (κ1) is 13.5. The first-order valence-corrected chi connectivity index (χ1v) is 7.54. The van der Waals surface area contributed by atoms with Crippen molar-refractivity contribution < 1.29 is 0 Å². The number of alkyl halides is 1. The second-order valence-corrected chi connectivity index (χ2v) is 6.26.